The number of furan rings is 1. The third-order valence-electron chi connectivity index (χ3n) is 10.3. The molecule has 52 heavy (non-hydrogen) atoms. The zero-order chi connectivity index (χ0) is 34.4. The van der Waals surface area contributed by atoms with E-state index < -0.39 is 0 Å². The third-order valence-corrected chi connectivity index (χ3v) is 10.3. The van der Waals surface area contributed by atoms with Gasteiger partial charge in [0.1, 0.15) is 11.2 Å². The summed E-state index contributed by atoms with van der Waals surface area (Å²) in [4.78, 5) is 2.39. The number of hydrogen-bond donors (Lipinski definition) is 0. The Morgan fingerprint density at radius 1 is 0.327 bits per heavy atom. The molecule has 2 heteroatoms. The number of anilines is 3. The minimum atomic E-state index is 0.895. The highest BCUT2D eigenvalue weighted by Gasteiger charge is 2.18. The Bertz CT molecular complexity index is 2870. The van der Waals surface area contributed by atoms with Crippen LogP contribution in [0.25, 0.3) is 76.9 Å². The Balaban J connectivity index is 1.09. The van der Waals surface area contributed by atoms with Crippen LogP contribution in [0.2, 0.25) is 0 Å². The van der Waals surface area contributed by atoms with Gasteiger partial charge in [-0.25, -0.2) is 0 Å². The zero-order valence-corrected chi connectivity index (χ0v) is 28.4. The van der Waals surface area contributed by atoms with Crippen molar-refractivity contribution in [3.05, 3.63) is 200 Å². The number of nitrogens with zero attached hydrogens (tertiary/aromatic N) is 1. The molecular formula is C50H33NO. The van der Waals surface area contributed by atoms with E-state index >= 15 is 0 Å². The summed E-state index contributed by atoms with van der Waals surface area (Å²) in [7, 11) is 0. The standard InChI is InChI=1S/C50H33NO/c1-3-12-34(13-4-1)35-22-27-40(28-23-35)51(48-33-39-16-7-8-17-42(39)44-18-9-10-19-45(44)48)41-29-24-36(25-30-41)38-26-31-49-47(32-38)46-21-11-20-43(50(46)52-49)37-14-5-2-6-15-37/h1-33H. The molecule has 10 rings (SSSR count). The fourth-order valence-corrected chi connectivity index (χ4v) is 7.71. The van der Waals surface area contributed by atoms with Crippen molar-refractivity contribution in [3.63, 3.8) is 0 Å². The van der Waals surface area contributed by atoms with Crippen LogP contribution < -0.4 is 4.90 Å². The van der Waals surface area contributed by atoms with Gasteiger partial charge < -0.3 is 9.32 Å². The van der Waals surface area contributed by atoms with Crippen molar-refractivity contribution in [2.24, 2.45) is 0 Å². The molecule has 0 fully saturated rings. The van der Waals surface area contributed by atoms with E-state index in [1.165, 1.54) is 32.7 Å². The number of para-hydroxylation sites is 1. The molecule has 0 N–H and O–H groups in total. The molecule has 0 radical (unpaired) electrons. The van der Waals surface area contributed by atoms with Gasteiger partial charge in [0.05, 0.1) is 5.69 Å². The predicted molar refractivity (Wildman–Crippen MR) is 220 cm³/mol. The fraction of sp³-hybridized carbons (Fsp3) is 0. The molecule has 244 valence electrons. The SMILES string of the molecule is c1ccc(-c2ccc(N(c3ccc(-c4ccc5oc6c(-c7ccccc7)cccc6c5c4)cc3)c3cc4ccccc4c4ccccc34)cc2)cc1. The van der Waals surface area contributed by atoms with Gasteiger partial charge >= 0.3 is 0 Å². The van der Waals surface area contributed by atoms with Gasteiger partial charge in [-0.15, -0.1) is 0 Å². The Morgan fingerprint density at radius 2 is 0.865 bits per heavy atom. The van der Waals surface area contributed by atoms with Crippen molar-refractivity contribution in [2.75, 3.05) is 4.90 Å². The van der Waals surface area contributed by atoms with Gasteiger partial charge in [-0.05, 0) is 86.4 Å². The highest BCUT2D eigenvalue weighted by molar-refractivity contribution is 6.15. The van der Waals surface area contributed by atoms with Crippen molar-refractivity contribution in [1.82, 2.24) is 0 Å². The first-order chi connectivity index (χ1) is 25.8. The number of rotatable bonds is 6. The van der Waals surface area contributed by atoms with E-state index in [0.717, 1.165) is 61.3 Å². The van der Waals surface area contributed by atoms with Gasteiger partial charge in [0, 0.05) is 33.1 Å². The van der Waals surface area contributed by atoms with Gasteiger partial charge in [-0.2, -0.15) is 0 Å². The first-order valence-electron chi connectivity index (χ1n) is 17.8. The maximum absolute atomic E-state index is 6.47. The van der Waals surface area contributed by atoms with Crippen molar-refractivity contribution in [3.8, 4) is 33.4 Å². The van der Waals surface area contributed by atoms with Crippen molar-refractivity contribution < 1.29 is 4.42 Å². The summed E-state index contributed by atoms with van der Waals surface area (Å²) in [5.41, 5.74) is 12.1. The van der Waals surface area contributed by atoms with E-state index in [0.29, 0.717) is 0 Å². The molecule has 0 aliphatic carbocycles. The second-order valence-corrected chi connectivity index (χ2v) is 13.3. The van der Waals surface area contributed by atoms with Crippen LogP contribution in [-0.2, 0) is 0 Å². The highest BCUT2D eigenvalue weighted by Crippen LogP contribution is 2.43. The molecule has 0 aliphatic heterocycles. The maximum atomic E-state index is 6.47. The molecule has 9 aromatic carbocycles. The van der Waals surface area contributed by atoms with Crippen molar-refractivity contribution in [2.45, 2.75) is 0 Å². The second-order valence-electron chi connectivity index (χ2n) is 13.3. The Kier molecular flexibility index (Phi) is 7.18. The number of benzene rings is 9. The molecule has 0 aliphatic rings. The molecule has 0 saturated heterocycles. The summed E-state index contributed by atoms with van der Waals surface area (Å²) in [6, 6.07) is 71.6. The fourth-order valence-electron chi connectivity index (χ4n) is 7.71. The van der Waals surface area contributed by atoms with E-state index in [-0.39, 0.29) is 0 Å². The first kappa shape index (κ1) is 30.0. The van der Waals surface area contributed by atoms with Crippen LogP contribution in [0, 0.1) is 0 Å². The molecular weight excluding hydrogens is 631 g/mol. The number of fused-ring (bicyclic) bond motifs is 6. The third kappa shape index (κ3) is 5.12. The Morgan fingerprint density at radius 3 is 1.58 bits per heavy atom. The topological polar surface area (TPSA) is 16.4 Å². The summed E-state index contributed by atoms with van der Waals surface area (Å²) in [5.74, 6) is 0. The summed E-state index contributed by atoms with van der Waals surface area (Å²) in [5, 5.41) is 7.18. The zero-order valence-electron chi connectivity index (χ0n) is 28.4. The number of hydrogen-bond acceptors (Lipinski definition) is 2. The first-order valence-corrected chi connectivity index (χ1v) is 17.8. The van der Waals surface area contributed by atoms with E-state index in [9.17, 15) is 0 Å². The lowest BCUT2D eigenvalue weighted by atomic mass is 9.98. The molecule has 0 spiro atoms. The molecule has 10 aromatic rings. The normalized spacial score (nSPS) is 11.5. The average molecular weight is 664 g/mol. The maximum Gasteiger partial charge on any atom is 0.143 e. The van der Waals surface area contributed by atoms with E-state index in [1.54, 1.807) is 0 Å². The molecule has 2 nitrogen and oxygen atoms in total. The van der Waals surface area contributed by atoms with Crippen LogP contribution in [0.15, 0.2) is 205 Å². The Labute approximate surface area is 302 Å². The van der Waals surface area contributed by atoms with Crippen molar-refractivity contribution >= 4 is 60.5 Å². The van der Waals surface area contributed by atoms with Crippen LogP contribution in [0.4, 0.5) is 17.1 Å². The quantitative estimate of drug-likeness (QED) is 0.165. The lowest BCUT2D eigenvalue weighted by Gasteiger charge is -2.28. The largest absolute Gasteiger partial charge is 0.455 e. The average Bonchev–Trinajstić information content (AvgIpc) is 3.60. The van der Waals surface area contributed by atoms with Crippen LogP contribution in [0.5, 0.6) is 0 Å². The van der Waals surface area contributed by atoms with Crippen LogP contribution in [0.3, 0.4) is 0 Å². The monoisotopic (exact) mass is 663 g/mol. The van der Waals surface area contributed by atoms with Crippen LogP contribution in [0.1, 0.15) is 0 Å². The van der Waals surface area contributed by atoms with Gasteiger partial charge in [-0.3, -0.25) is 0 Å². The smallest absolute Gasteiger partial charge is 0.143 e. The van der Waals surface area contributed by atoms with Gasteiger partial charge in [0.2, 0.25) is 0 Å². The summed E-state index contributed by atoms with van der Waals surface area (Å²) >= 11 is 0. The molecule has 0 atom stereocenters. The molecule has 1 heterocycles. The van der Waals surface area contributed by atoms with E-state index in [2.05, 4.69) is 199 Å². The summed E-state index contributed by atoms with van der Waals surface area (Å²) < 4.78 is 6.47. The Hall–Kier alpha value is -6.90. The minimum Gasteiger partial charge on any atom is -0.455 e. The minimum absolute atomic E-state index is 0.895. The van der Waals surface area contributed by atoms with Gasteiger partial charge in [-0.1, -0.05) is 158 Å². The molecule has 0 unspecified atom stereocenters. The van der Waals surface area contributed by atoms with Gasteiger partial charge in [0.15, 0.2) is 0 Å². The molecule has 1 aromatic heterocycles. The summed E-state index contributed by atoms with van der Waals surface area (Å²) in [6.07, 6.45) is 0. The van der Waals surface area contributed by atoms with Crippen LogP contribution >= 0.6 is 0 Å². The summed E-state index contributed by atoms with van der Waals surface area (Å²) in [6.45, 7) is 0. The lowest BCUT2D eigenvalue weighted by Crippen LogP contribution is -2.10. The second kappa shape index (κ2) is 12.5. The highest BCUT2D eigenvalue weighted by atomic mass is 16.3. The molecule has 0 saturated carbocycles. The predicted octanol–water partition coefficient (Wildman–Crippen LogP) is 14.4. The molecule has 0 amide bonds. The lowest BCUT2D eigenvalue weighted by molar-refractivity contribution is 0.670. The van der Waals surface area contributed by atoms with Crippen molar-refractivity contribution in [1.29, 1.82) is 0 Å². The van der Waals surface area contributed by atoms with Crippen LogP contribution in [-0.4, -0.2) is 0 Å². The molecule has 0 bridgehead atoms. The van der Waals surface area contributed by atoms with E-state index in [1.807, 2.05) is 6.07 Å². The van der Waals surface area contributed by atoms with Gasteiger partial charge in [0.25, 0.3) is 0 Å². The van der Waals surface area contributed by atoms with E-state index in [4.69, 9.17) is 4.42 Å².